The number of hydrogen-bond donors (Lipinski definition) is 4. The Kier molecular flexibility index (Phi) is 8.96. The zero-order valence-electron chi connectivity index (χ0n) is 23.3. The number of rotatable bonds is 10. The number of urea groups is 1. The molecule has 0 aromatic heterocycles. The highest BCUT2D eigenvalue weighted by atomic mass is 16.5. The van der Waals surface area contributed by atoms with Crippen LogP contribution >= 0.6 is 0 Å². The number of benzene rings is 2. The van der Waals surface area contributed by atoms with Gasteiger partial charge in [-0.25, -0.2) is 19.5 Å². The van der Waals surface area contributed by atoms with Gasteiger partial charge < -0.3 is 32.0 Å². The summed E-state index contributed by atoms with van der Waals surface area (Å²) in [6.07, 6.45) is -0.645. The Morgan fingerprint density at radius 2 is 1.62 bits per heavy atom. The maximum Gasteiger partial charge on any atom is 0.362 e. The first-order valence-electron chi connectivity index (χ1n) is 12.4. The molecule has 0 aliphatic carbocycles. The van der Waals surface area contributed by atoms with E-state index in [1.807, 2.05) is 0 Å². The lowest BCUT2D eigenvalue weighted by Crippen LogP contribution is -2.74. The minimum absolute atomic E-state index is 0.0980. The van der Waals surface area contributed by atoms with E-state index in [-0.39, 0.29) is 17.2 Å². The molecule has 3 atom stereocenters. The lowest BCUT2D eigenvalue weighted by atomic mass is 9.90. The van der Waals surface area contributed by atoms with Crippen LogP contribution in [0.4, 0.5) is 16.2 Å². The van der Waals surface area contributed by atoms with Gasteiger partial charge in [-0.05, 0) is 43.7 Å². The largest absolute Gasteiger partial charge is 0.469 e. The molecule has 42 heavy (non-hydrogen) atoms. The van der Waals surface area contributed by atoms with Gasteiger partial charge in [0.25, 0.3) is 11.6 Å². The predicted octanol–water partition coefficient (Wildman–Crippen LogP) is -0.260. The van der Waals surface area contributed by atoms with Crippen LogP contribution in [0.1, 0.15) is 25.8 Å². The molecule has 2 aromatic rings. The number of amides is 4. The van der Waals surface area contributed by atoms with E-state index in [1.165, 1.54) is 55.5 Å². The van der Waals surface area contributed by atoms with Crippen molar-refractivity contribution in [1.82, 2.24) is 10.2 Å². The number of esters is 2. The average molecular weight is 582 g/mol. The average Bonchev–Trinajstić information content (AvgIpc) is 3.19. The lowest BCUT2D eigenvalue weighted by molar-refractivity contribution is -0.164. The van der Waals surface area contributed by atoms with Gasteiger partial charge >= 0.3 is 18.0 Å². The highest BCUT2D eigenvalue weighted by Gasteiger charge is 2.67. The number of Topliss-reactive ketones (excluding diaryl/α,β-unsaturated/α-hetero) is 1. The van der Waals surface area contributed by atoms with Crippen LogP contribution in [-0.2, 0) is 39.0 Å². The summed E-state index contributed by atoms with van der Waals surface area (Å²) in [7, 11) is 2.00. The van der Waals surface area contributed by atoms with Crippen LogP contribution in [0.5, 0.6) is 0 Å². The molecule has 1 aliphatic heterocycles. The molecule has 222 valence electrons. The summed E-state index contributed by atoms with van der Waals surface area (Å²) >= 11 is 0. The molecule has 0 bridgehead atoms. The quantitative estimate of drug-likeness (QED) is 0.0938. The maximum atomic E-state index is 14.2. The number of carbonyl (C=O) groups excluding carboxylic acids is 6. The van der Waals surface area contributed by atoms with E-state index in [0.717, 1.165) is 21.1 Å². The Hall–Kier alpha value is -5.31. The molecule has 2 aromatic carbocycles. The molecule has 1 heterocycles. The number of imide groups is 1. The molecule has 0 spiro atoms. The van der Waals surface area contributed by atoms with Gasteiger partial charge in [0.2, 0.25) is 5.91 Å². The van der Waals surface area contributed by atoms with E-state index < -0.39 is 59.2 Å². The third-order valence-corrected chi connectivity index (χ3v) is 6.67. The van der Waals surface area contributed by atoms with Gasteiger partial charge in [0.1, 0.15) is 5.54 Å². The number of ketones is 1. The molecule has 4 amide bonds. The number of nitrogens with zero attached hydrogens (tertiary/aromatic N) is 3. The van der Waals surface area contributed by atoms with Gasteiger partial charge in [-0.3, -0.25) is 24.1 Å². The first kappa shape index (κ1) is 31.2. The minimum Gasteiger partial charge on any atom is -0.469 e. The number of ether oxygens (including phenoxy) is 2. The topological polar surface area (TPSA) is 230 Å². The van der Waals surface area contributed by atoms with Crippen molar-refractivity contribution in [2.24, 2.45) is 22.2 Å². The minimum atomic E-state index is -3.02. The molecule has 0 unspecified atom stereocenters. The third kappa shape index (κ3) is 5.36. The lowest BCUT2D eigenvalue weighted by Gasteiger charge is -2.44. The predicted molar refractivity (Wildman–Crippen MR) is 149 cm³/mol. The first-order valence-corrected chi connectivity index (χ1v) is 12.4. The smallest absolute Gasteiger partial charge is 0.362 e. The van der Waals surface area contributed by atoms with E-state index >= 15 is 0 Å². The van der Waals surface area contributed by atoms with Crippen LogP contribution in [0, 0.1) is 0 Å². The molecule has 15 heteroatoms. The van der Waals surface area contributed by atoms with Crippen molar-refractivity contribution in [3.63, 3.8) is 0 Å². The van der Waals surface area contributed by atoms with Crippen molar-refractivity contribution in [1.29, 1.82) is 0 Å². The molecule has 1 aliphatic rings. The van der Waals surface area contributed by atoms with E-state index in [9.17, 15) is 28.8 Å². The number of nitrogens with two attached hydrogens (primary N) is 3. The SMILES string of the molecule is COC(=O)C[C@H](N)C(=O)N(c1ccccc1)[C@](C(C)=O)(C(=O)OC)N1C(=O)N[C@](C)(c2ccc(N=C(N)N)cc2)C1=O. The Morgan fingerprint density at radius 1 is 1.02 bits per heavy atom. The van der Waals surface area contributed by atoms with Crippen molar-refractivity contribution < 1.29 is 38.2 Å². The van der Waals surface area contributed by atoms with Crippen LogP contribution in [0.2, 0.25) is 0 Å². The van der Waals surface area contributed by atoms with Crippen molar-refractivity contribution in [2.45, 2.75) is 37.5 Å². The zero-order chi connectivity index (χ0) is 31.4. The number of aliphatic imine (C=N–C) groups is 1. The second kappa shape index (κ2) is 12.1. The number of methoxy groups -OCH3 is 2. The fourth-order valence-electron chi connectivity index (χ4n) is 4.60. The third-order valence-electron chi connectivity index (χ3n) is 6.67. The monoisotopic (exact) mass is 581 g/mol. The second-order valence-electron chi connectivity index (χ2n) is 9.40. The number of anilines is 1. The molecule has 0 radical (unpaired) electrons. The van der Waals surface area contributed by atoms with Crippen LogP contribution in [0.15, 0.2) is 59.6 Å². The molecule has 1 saturated heterocycles. The maximum absolute atomic E-state index is 14.2. The molecular weight excluding hydrogens is 550 g/mol. The summed E-state index contributed by atoms with van der Waals surface area (Å²) in [6, 6.07) is 10.3. The summed E-state index contributed by atoms with van der Waals surface area (Å²) in [5.41, 5.74) is 12.5. The van der Waals surface area contributed by atoms with Crippen molar-refractivity contribution in [3.05, 3.63) is 60.2 Å². The molecular formula is C27H31N7O8. The number of para-hydroxylation sites is 1. The van der Waals surface area contributed by atoms with Gasteiger partial charge in [0, 0.05) is 5.69 Å². The van der Waals surface area contributed by atoms with Gasteiger partial charge in [0.05, 0.1) is 32.4 Å². The highest BCUT2D eigenvalue weighted by molar-refractivity contribution is 6.24. The number of carbonyl (C=O) groups is 6. The summed E-state index contributed by atoms with van der Waals surface area (Å²) < 4.78 is 9.55. The van der Waals surface area contributed by atoms with Crippen LogP contribution in [0.3, 0.4) is 0 Å². The Morgan fingerprint density at radius 3 is 2.12 bits per heavy atom. The van der Waals surface area contributed by atoms with Gasteiger partial charge in [0.15, 0.2) is 11.7 Å². The summed E-state index contributed by atoms with van der Waals surface area (Å²) in [5, 5.41) is 2.51. The fourth-order valence-corrected chi connectivity index (χ4v) is 4.60. The van der Waals surface area contributed by atoms with Crippen LogP contribution < -0.4 is 27.4 Å². The van der Waals surface area contributed by atoms with E-state index in [1.54, 1.807) is 6.07 Å². The van der Waals surface area contributed by atoms with Crippen molar-refractivity contribution in [2.75, 3.05) is 19.1 Å². The van der Waals surface area contributed by atoms with Crippen molar-refractivity contribution >= 4 is 52.9 Å². The Balaban J connectivity index is 2.28. The number of nitrogens with one attached hydrogen (secondary N) is 1. The molecule has 15 nitrogen and oxygen atoms in total. The van der Waals surface area contributed by atoms with E-state index in [2.05, 4.69) is 15.0 Å². The summed E-state index contributed by atoms with van der Waals surface area (Å²) in [6.45, 7) is 2.26. The van der Waals surface area contributed by atoms with Crippen molar-refractivity contribution in [3.8, 4) is 0 Å². The van der Waals surface area contributed by atoms with E-state index in [0.29, 0.717) is 15.5 Å². The van der Waals surface area contributed by atoms with Crippen LogP contribution in [0.25, 0.3) is 0 Å². The Labute approximate surface area is 240 Å². The standard InChI is InChI=1S/C27H31N7O8/c1-15(35)27(23(39)42-4,33(18-8-6-5-7-9-18)21(37)19(28)14-20(36)41-3)34-22(38)26(2,32-25(34)40)16-10-12-17(13-11-16)31-24(29)30/h5-13,19H,14,28H2,1-4H3,(H,32,40)(H4,29,30,31)/t19-,26+,27-/m0/s1. The molecule has 7 N–H and O–H groups in total. The summed E-state index contributed by atoms with van der Waals surface area (Å²) in [5.74, 6) is -5.85. The second-order valence-corrected chi connectivity index (χ2v) is 9.40. The first-order chi connectivity index (χ1) is 19.7. The molecule has 0 saturated carbocycles. The van der Waals surface area contributed by atoms with Crippen LogP contribution in [-0.4, -0.2) is 72.4 Å². The summed E-state index contributed by atoms with van der Waals surface area (Å²) in [4.78, 5) is 85.9. The van der Waals surface area contributed by atoms with Gasteiger partial charge in [-0.1, -0.05) is 30.3 Å². The van der Waals surface area contributed by atoms with Gasteiger partial charge in [-0.2, -0.15) is 0 Å². The molecule has 3 rings (SSSR count). The normalized spacial score (nSPS) is 18.3. The highest BCUT2D eigenvalue weighted by Crippen LogP contribution is 2.39. The fraction of sp³-hybridized carbons (Fsp3) is 0.296. The van der Waals surface area contributed by atoms with Gasteiger partial charge in [-0.15, -0.1) is 0 Å². The zero-order valence-corrected chi connectivity index (χ0v) is 23.3. The Bertz CT molecular complexity index is 1440. The molecule has 1 fully saturated rings. The van der Waals surface area contributed by atoms with E-state index in [4.69, 9.17) is 21.9 Å². The number of guanidine groups is 1. The number of hydrogen-bond acceptors (Lipinski definition) is 10.